The number of aromatic nitrogens is 2. The summed E-state index contributed by atoms with van der Waals surface area (Å²) in [5.41, 5.74) is 3.34. The maximum atomic E-state index is 12.4. The van der Waals surface area contributed by atoms with Crippen molar-refractivity contribution in [2.45, 2.75) is 12.8 Å². The molecule has 32 heavy (non-hydrogen) atoms. The quantitative estimate of drug-likeness (QED) is 0.237. The number of para-hydroxylation sites is 5. The molecule has 0 aliphatic rings. The lowest BCUT2D eigenvalue weighted by molar-refractivity contribution is -0.384. The first-order valence-electron chi connectivity index (χ1n) is 10.4. The predicted molar refractivity (Wildman–Crippen MR) is 124 cm³/mol. The Labute approximate surface area is 185 Å². The number of nitro groups is 1. The van der Waals surface area contributed by atoms with Gasteiger partial charge in [-0.2, -0.15) is 0 Å². The van der Waals surface area contributed by atoms with Crippen molar-refractivity contribution in [2.24, 2.45) is 0 Å². The Bertz CT molecular complexity index is 1240. The van der Waals surface area contributed by atoms with Crippen molar-refractivity contribution >= 4 is 28.3 Å². The number of hydrogen-bond acceptors (Lipinski definition) is 5. The fraction of sp³-hybridized carbons (Fsp3) is 0.167. The molecule has 0 saturated carbocycles. The van der Waals surface area contributed by atoms with Gasteiger partial charge < -0.3 is 10.6 Å². The lowest BCUT2D eigenvalue weighted by Gasteiger charge is -2.10. The normalized spacial score (nSPS) is 10.8. The van der Waals surface area contributed by atoms with Crippen LogP contribution in [0.1, 0.15) is 12.2 Å². The molecule has 1 aromatic heterocycles. The topological polar surface area (TPSA) is 102 Å². The molecular formula is C24H23N5O3. The number of rotatable bonds is 9. The van der Waals surface area contributed by atoms with Gasteiger partial charge in [0.25, 0.3) is 5.69 Å². The predicted octanol–water partition coefficient (Wildman–Crippen LogP) is 4.09. The number of aryl methyl sites for hydroxylation is 1. The first kappa shape index (κ1) is 21.0. The molecule has 0 bridgehead atoms. The molecular weight excluding hydrogens is 406 g/mol. The Balaban J connectivity index is 1.35. The van der Waals surface area contributed by atoms with Crippen LogP contribution in [-0.4, -0.2) is 33.5 Å². The third-order valence-electron chi connectivity index (χ3n) is 5.08. The second kappa shape index (κ2) is 9.74. The molecule has 1 heterocycles. The van der Waals surface area contributed by atoms with Gasteiger partial charge in [0.15, 0.2) is 0 Å². The Kier molecular flexibility index (Phi) is 6.41. The zero-order valence-electron chi connectivity index (χ0n) is 17.4. The van der Waals surface area contributed by atoms with Gasteiger partial charge in [0, 0.05) is 37.7 Å². The number of nitrogens with one attached hydrogen (secondary N) is 2. The minimum Gasteiger partial charge on any atom is -0.378 e. The first-order valence-corrected chi connectivity index (χ1v) is 10.4. The Morgan fingerprint density at radius 1 is 0.938 bits per heavy atom. The van der Waals surface area contributed by atoms with E-state index in [9.17, 15) is 14.9 Å². The van der Waals surface area contributed by atoms with Gasteiger partial charge in [-0.25, -0.2) is 4.98 Å². The number of nitrogens with zero attached hydrogens (tertiary/aromatic N) is 3. The van der Waals surface area contributed by atoms with Crippen molar-refractivity contribution in [3.05, 3.63) is 94.8 Å². The number of nitro benzene ring substituents is 1. The zero-order valence-corrected chi connectivity index (χ0v) is 17.4. The summed E-state index contributed by atoms with van der Waals surface area (Å²) in [5, 5.41) is 16.9. The summed E-state index contributed by atoms with van der Waals surface area (Å²) < 4.78 is 2.08. The van der Waals surface area contributed by atoms with Crippen LogP contribution >= 0.6 is 0 Å². The molecule has 0 saturated heterocycles. The van der Waals surface area contributed by atoms with Crippen LogP contribution in [-0.2, 0) is 11.2 Å². The minimum atomic E-state index is -0.431. The van der Waals surface area contributed by atoms with Crippen LogP contribution in [0.25, 0.3) is 16.7 Å². The zero-order chi connectivity index (χ0) is 22.3. The molecule has 0 unspecified atom stereocenters. The average Bonchev–Trinajstić information content (AvgIpc) is 3.19. The van der Waals surface area contributed by atoms with Gasteiger partial charge in [0.1, 0.15) is 11.5 Å². The molecule has 4 aromatic rings. The molecule has 0 aliphatic carbocycles. The molecule has 162 valence electrons. The van der Waals surface area contributed by atoms with Crippen molar-refractivity contribution in [3.8, 4) is 5.69 Å². The van der Waals surface area contributed by atoms with Crippen LogP contribution < -0.4 is 10.6 Å². The molecule has 4 rings (SSSR count). The van der Waals surface area contributed by atoms with Crippen LogP contribution in [0.3, 0.4) is 0 Å². The van der Waals surface area contributed by atoms with E-state index >= 15 is 0 Å². The highest BCUT2D eigenvalue weighted by Crippen LogP contribution is 2.23. The number of imidazole rings is 1. The maximum Gasteiger partial charge on any atom is 0.292 e. The molecule has 3 aromatic carbocycles. The molecule has 1 amide bonds. The number of carbonyl (C=O) groups excluding carboxylic acids is 1. The van der Waals surface area contributed by atoms with E-state index < -0.39 is 4.92 Å². The molecule has 2 N–H and O–H groups in total. The van der Waals surface area contributed by atoms with Crippen LogP contribution in [0.5, 0.6) is 0 Å². The molecule has 0 atom stereocenters. The van der Waals surface area contributed by atoms with Crippen LogP contribution in [0, 0.1) is 10.1 Å². The molecule has 0 spiro atoms. The van der Waals surface area contributed by atoms with Crippen molar-refractivity contribution < 1.29 is 9.72 Å². The maximum absolute atomic E-state index is 12.4. The fourth-order valence-electron chi connectivity index (χ4n) is 3.60. The van der Waals surface area contributed by atoms with Crippen molar-refractivity contribution in [1.82, 2.24) is 14.9 Å². The summed E-state index contributed by atoms with van der Waals surface area (Å²) in [6.45, 7) is 0.749. The van der Waals surface area contributed by atoms with E-state index in [2.05, 4.69) is 15.2 Å². The Hall–Kier alpha value is -4.20. The number of anilines is 1. The third-order valence-corrected chi connectivity index (χ3v) is 5.08. The van der Waals surface area contributed by atoms with Crippen LogP contribution in [0.4, 0.5) is 11.4 Å². The summed E-state index contributed by atoms with van der Waals surface area (Å²) in [7, 11) is 0. The number of amides is 1. The van der Waals surface area contributed by atoms with E-state index in [0.717, 1.165) is 22.5 Å². The molecule has 8 nitrogen and oxygen atoms in total. The molecule has 0 radical (unpaired) electrons. The lowest BCUT2D eigenvalue weighted by atomic mass is 10.2. The summed E-state index contributed by atoms with van der Waals surface area (Å²) >= 11 is 0. The SMILES string of the molecule is O=C(CCc1nc2ccccc2n1-c1ccccc1)NCCNc1ccccc1[N+](=O)[O-]. The van der Waals surface area contributed by atoms with Crippen molar-refractivity contribution in [2.75, 3.05) is 18.4 Å². The molecule has 8 heteroatoms. The van der Waals surface area contributed by atoms with Gasteiger partial charge in [-0.1, -0.05) is 42.5 Å². The van der Waals surface area contributed by atoms with Gasteiger partial charge in [-0.05, 0) is 30.3 Å². The molecule has 0 aliphatic heterocycles. The van der Waals surface area contributed by atoms with Gasteiger partial charge in [0.05, 0.1) is 16.0 Å². The standard InChI is InChI=1S/C24H23N5O3/c30-24(26-17-16-25-19-10-4-7-13-22(19)29(31)32)15-14-23-27-20-11-5-6-12-21(20)28(23)18-8-2-1-3-9-18/h1-13,25H,14-17H2,(H,26,30). The van der Waals surface area contributed by atoms with Gasteiger partial charge in [-0.3, -0.25) is 19.5 Å². The number of fused-ring (bicyclic) bond motifs is 1. The lowest BCUT2D eigenvalue weighted by Crippen LogP contribution is -2.29. The second-order valence-electron chi connectivity index (χ2n) is 7.24. The monoisotopic (exact) mass is 429 g/mol. The van der Waals surface area contributed by atoms with E-state index in [1.54, 1.807) is 18.2 Å². The first-order chi connectivity index (χ1) is 15.6. The van der Waals surface area contributed by atoms with Gasteiger partial charge in [0.2, 0.25) is 5.91 Å². The van der Waals surface area contributed by atoms with Crippen LogP contribution in [0.2, 0.25) is 0 Å². The minimum absolute atomic E-state index is 0.0126. The number of carbonyl (C=O) groups is 1. The van der Waals surface area contributed by atoms with E-state index in [1.165, 1.54) is 6.07 Å². The largest absolute Gasteiger partial charge is 0.378 e. The van der Waals surface area contributed by atoms with E-state index in [0.29, 0.717) is 31.6 Å². The average molecular weight is 429 g/mol. The second-order valence-corrected chi connectivity index (χ2v) is 7.24. The smallest absolute Gasteiger partial charge is 0.292 e. The summed E-state index contributed by atoms with van der Waals surface area (Å²) in [6.07, 6.45) is 0.786. The summed E-state index contributed by atoms with van der Waals surface area (Å²) in [5.74, 6) is 0.728. The van der Waals surface area contributed by atoms with Crippen molar-refractivity contribution in [3.63, 3.8) is 0 Å². The van der Waals surface area contributed by atoms with Crippen LogP contribution in [0.15, 0.2) is 78.9 Å². The highest BCUT2D eigenvalue weighted by molar-refractivity contribution is 5.79. The summed E-state index contributed by atoms with van der Waals surface area (Å²) in [4.78, 5) is 27.7. The van der Waals surface area contributed by atoms with Gasteiger partial charge >= 0.3 is 0 Å². The van der Waals surface area contributed by atoms with Crippen molar-refractivity contribution in [1.29, 1.82) is 0 Å². The fourth-order valence-corrected chi connectivity index (χ4v) is 3.60. The number of hydrogen-bond donors (Lipinski definition) is 2. The summed E-state index contributed by atoms with van der Waals surface area (Å²) in [6, 6.07) is 24.3. The molecule has 0 fully saturated rings. The van der Waals surface area contributed by atoms with E-state index in [4.69, 9.17) is 4.98 Å². The third kappa shape index (κ3) is 4.75. The highest BCUT2D eigenvalue weighted by Gasteiger charge is 2.14. The van der Waals surface area contributed by atoms with E-state index in [-0.39, 0.29) is 11.6 Å². The number of benzene rings is 3. The Morgan fingerprint density at radius 2 is 1.66 bits per heavy atom. The highest BCUT2D eigenvalue weighted by atomic mass is 16.6. The van der Waals surface area contributed by atoms with Gasteiger partial charge in [-0.15, -0.1) is 0 Å². The van der Waals surface area contributed by atoms with E-state index in [1.807, 2.05) is 54.6 Å². The Morgan fingerprint density at radius 3 is 2.47 bits per heavy atom.